The second-order valence-corrected chi connectivity index (χ2v) is 6.38. The van der Waals surface area contributed by atoms with E-state index in [2.05, 4.69) is 4.74 Å². The van der Waals surface area contributed by atoms with Gasteiger partial charge in [0.25, 0.3) is 0 Å². The maximum absolute atomic E-state index is 11.0. The lowest BCUT2D eigenvalue weighted by atomic mass is 9.95. The van der Waals surface area contributed by atoms with Crippen LogP contribution >= 0.6 is 0 Å². The van der Waals surface area contributed by atoms with E-state index in [1.165, 1.54) is 0 Å². The molecule has 0 aromatic heterocycles. The number of carboxylic acid groups (broad SMARTS) is 1. The van der Waals surface area contributed by atoms with E-state index in [0.29, 0.717) is 12.0 Å². The molecule has 0 saturated heterocycles. The van der Waals surface area contributed by atoms with Gasteiger partial charge in [0.2, 0.25) is 5.91 Å². The zero-order chi connectivity index (χ0) is 19.1. The van der Waals surface area contributed by atoms with Crippen molar-refractivity contribution in [3.63, 3.8) is 0 Å². The summed E-state index contributed by atoms with van der Waals surface area (Å²) >= 11 is 0. The third-order valence-corrected chi connectivity index (χ3v) is 2.98. The Hall–Kier alpha value is -2.57. The highest BCUT2D eigenvalue weighted by Gasteiger charge is 2.12. The van der Waals surface area contributed by atoms with Crippen LogP contribution in [0.3, 0.4) is 0 Å². The molecule has 2 amide bonds. The van der Waals surface area contributed by atoms with Crippen LogP contribution in [-0.2, 0) is 16.0 Å². The van der Waals surface area contributed by atoms with E-state index < -0.39 is 23.6 Å². The second kappa shape index (κ2) is 10.3. The van der Waals surface area contributed by atoms with Crippen molar-refractivity contribution < 1.29 is 24.2 Å². The summed E-state index contributed by atoms with van der Waals surface area (Å²) in [5.41, 5.74) is 12.7. The third-order valence-electron chi connectivity index (χ3n) is 2.98. The fraction of sp³-hybridized carbons (Fsp3) is 0.500. The molecule has 0 bridgehead atoms. The Bertz CT molecular complexity index is 595. The van der Waals surface area contributed by atoms with Crippen molar-refractivity contribution in [2.45, 2.75) is 60.5 Å². The fourth-order valence-electron chi connectivity index (χ4n) is 2.06. The Labute approximate surface area is 149 Å². The number of amides is 2. The van der Waals surface area contributed by atoms with Gasteiger partial charge in [-0.3, -0.25) is 9.59 Å². The minimum absolute atomic E-state index is 0. The number of nitrogens with two attached hydrogens (primary N) is 2. The molecule has 0 saturated carbocycles. The summed E-state index contributed by atoms with van der Waals surface area (Å²) in [6.07, 6.45) is -0.151. The van der Waals surface area contributed by atoms with Gasteiger partial charge in [0.05, 0.1) is 0 Å². The molecule has 0 aliphatic rings. The predicted octanol–water partition coefficient (Wildman–Crippen LogP) is 2.94. The summed E-state index contributed by atoms with van der Waals surface area (Å²) in [5, 5.41) is 8.63. The van der Waals surface area contributed by atoms with Crippen molar-refractivity contribution in [3.05, 3.63) is 34.4 Å². The molecule has 1 aromatic carbocycles. The van der Waals surface area contributed by atoms with E-state index in [-0.39, 0.29) is 13.8 Å². The summed E-state index contributed by atoms with van der Waals surface area (Å²) in [6.45, 7) is 9.00. The first-order valence-electron chi connectivity index (χ1n) is 7.43. The van der Waals surface area contributed by atoms with E-state index in [4.69, 9.17) is 16.6 Å². The summed E-state index contributed by atoms with van der Waals surface area (Å²) in [6, 6.07) is 3.40. The Kier molecular flexibility index (Phi) is 10.2. The Balaban J connectivity index is 0. The monoisotopic (exact) mass is 354 g/mol. The number of benzene rings is 1. The van der Waals surface area contributed by atoms with Crippen LogP contribution < -0.4 is 11.5 Å². The first-order valence-corrected chi connectivity index (χ1v) is 7.43. The molecule has 1 aromatic rings. The van der Waals surface area contributed by atoms with Crippen molar-refractivity contribution in [2.75, 3.05) is 0 Å². The van der Waals surface area contributed by atoms with Crippen LogP contribution in [0.25, 0.3) is 0 Å². The van der Waals surface area contributed by atoms with Crippen LogP contribution in [0, 0.1) is 13.8 Å². The van der Waals surface area contributed by atoms with E-state index in [0.717, 1.165) is 16.7 Å². The van der Waals surface area contributed by atoms with Gasteiger partial charge in [-0.2, -0.15) is 0 Å². The first kappa shape index (κ1) is 24.7. The van der Waals surface area contributed by atoms with Gasteiger partial charge in [0, 0.05) is 12.0 Å². The van der Waals surface area contributed by atoms with E-state index in [9.17, 15) is 14.4 Å². The number of aryl methyl sites for hydroxylation is 2. The molecule has 0 aliphatic heterocycles. The van der Waals surface area contributed by atoms with Crippen molar-refractivity contribution in [3.8, 4) is 0 Å². The topological polar surface area (TPSA) is 133 Å². The molecular formula is C18H30N2O5. The number of hydrogen-bond acceptors (Lipinski definition) is 4. The second-order valence-electron chi connectivity index (χ2n) is 6.38. The minimum atomic E-state index is -0.822. The maximum Gasteiger partial charge on any atom is 0.405 e. The molecule has 7 nitrogen and oxygen atoms in total. The third kappa shape index (κ3) is 10.8. The highest BCUT2D eigenvalue weighted by atomic mass is 16.6. The van der Waals surface area contributed by atoms with Crippen LogP contribution in [0.1, 0.15) is 61.7 Å². The van der Waals surface area contributed by atoms with Crippen LogP contribution in [0.15, 0.2) is 12.1 Å². The number of carbonyl (C=O) groups excluding carboxylic acids is 2. The van der Waals surface area contributed by atoms with Crippen LogP contribution in [-0.4, -0.2) is 28.7 Å². The normalized spacial score (nSPS) is 9.96. The van der Waals surface area contributed by atoms with Gasteiger partial charge in [0.15, 0.2) is 0 Å². The van der Waals surface area contributed by atoms with Gasteiger partial charge < -0.3 is 21.3 Å². The number of aliphatic carboxylic acids is 1. The molecular weight excluding hydrogens is 324 g/mol. The Morgan fingerprint density at radius 2 is 1.52 bits per heavy atom. The lowest BCUT2D eigenvalue weighted by Gasteiger charge is -2.16. The zero-order valence-electron chi connectivity index (χ0n) is 14.8. The van der Waals surface area contributed by atoms with Crippen molar-refractivity contribution in [1.29, 1.82) is 0 Å². The van der Waals surface area contributed by atoms with Gasteiger partial charge in [-0.1, -0.05) is 7.43 Å². The van der Waals surface area contributed by atoms with Crippen molar-refractivity contribution in [1.82, 2.24) is 0 Å². The number of rotatable bonds is 4. The fourth-order valence-corrected chi connectivity index (χ4v) is 2.06. The van der Waals surface area contributed by atoms with E-state index in [1.807, 2.05) is 13.8 Å². The molecule has 0 radical (unpaired) electrons. The molecule has 0 heterocycles. The molecule has 0 spiro atoms. The molecule has 25 heavy (non-hydrogen) atoms. The smallest absolute Gasteiger partial charge is 0.405 e. The maximum atomic E-state index is 11.0. The number of primary amides is 2. The molecule has 0 fully saturated rings. The molecule has 5 N–H and O–H groups in total. The number of carboxylic acids is 1. The molecule has 1 rings (SSSR count). The Morgan fingerprint density at radius 1 is 1.08 bits per heavy atom. The van der Waals surface area contributed by atoms with Crippen LogP contribution in [0.2, 0.25) is 0 Å². The zero-order valence-corrected chi connectivity index (χ0v) is 14.8. The lowest BCUT2D eigenvalue weighted by molar-refractivity contribution is -0.136. The molecule has 7 heteroatoms. The number of hydrogen-bond donors (Lipinski definition) is 3. The highest BCUT2D eigenvalue weighted by Crippen LogP contribution is 2.18. The van der Waals surface area contributed by atoms with Crippen LogP contribution in [0.4, 0.5) is 4.79 Å². The van der Waals surface area contributed by atoms with Crippen molar-refractivity contribution in [2.24, 2.45) is 11.5 Å². The summed E-state index contributed by atoms with van der Waals surface area (Å²) < 4.78 is 4.58. The predicted molar refractivity (Wildman–Crippen MR) is 97.5 cm³/mol. The van der Waals surface area contributed by atoms with Crippen LogP contribution in [0.5, 0.6) is 0 Å². The SMILES string of the molecule is C.CC(C)(C)OC(N)=O.Cc1cc(C(N)=O)cc(C)c1CCC(=O)O. The average Bonchev–Trinajstić information content (AvgIpc) is 2.34. The average molecular weight is 354 g/mol. The Morgan fingerprint density at radius 3 is 1.76 bits per heavy atom. The van der Waals surface area contributed by atoms with Gasteiger partial charge >= 0.3 is 12.1 Å². The van der Waals surface area contributed by atoms with E-state index in [1.54, 1.807) is 32.9 Å². The van der Waals surface area contributed by atoms with Gasteiger partial charge in [-0.25, -0.2) is 4.79 Å². The van der Waals surface area contributed by atoms with Gasteiger partial charge in [-0.05, 0) is 69.9 Å². The minimum Gasteiger partial charge on any atom is -0.481 e. The number of ether oxygens (including phenoxy) is 1. The summed E-state index contributed by atoms with van der Waals surface area (Å²) in [4.78, 5) is 31.5. The van der Waals surface area contributed by atoms with Crippen molar-refractivity contribution >= 4 is 18.0 Å². The molecule has 142 valence electrons. The quantitative estimate of drug-likeness (QED) is 0.764. The summed E-state index contributed by atoms with van der Waals surface area (Å²) in [5.74, 6) is -1.28. The first-order chi connectivity index (χ1) is 10.8. The largest absolute Gasteiger partial charge is 0.481 e. The standard InChI is InChI=1S/C12H15NO3.C5H11NO2.CH4/c1-7-5-9(12(13)16)6-8(2)10(7)3-4-11(14)15;1-5(2,3)8-4(6)7;/h5-6H,3-4H2,1-2H3,(H2,13,16)(H,14,15);1-3H3,(H2,6,7);1H4. The highest BCUT2D eigenvalue weighted by molar-refractivity contribution is 5.93. The lowest BCUT2D eigenvalue weighted by Crippen LogP contribution is -2.27. The number of carbonyl (C=O) groups is 3. The molecule has 0 aliphatic carbocycles. The van der Waals surface area contributed by atoms with Gasteiger partial charge in [-0.15, -0.1) is 0 Å². The summed E-state index contributed by atoms with van der Waals surface area (Å²) in [7, 11) is 0. The molecule has 0 unspecified atom stereocenters. The van der Waals surface area contributed by atoms with E-state index >= 15 is 0 Å². The van der Waals surface area contributed by atoms with Gasteiger partial charge in [0.1, 0.15) is 5.60 Å². The molecule has 0 atom stereocenters.